The third-order valence-corrected chi connectivity index (χ3v) is 4.77. The number of nitrogens with zero attached hydrogens (tertiary/aromatic N) is 1. The third kappa shape index (κ3) is 1.97. The molecule has 1 N–H and O–H groups in total. The molecule has 0 aromatic heterocycles. The standard InChI is InChI=1S/C13H22N2O2/c16-12(15-5-1-2-6-15)11-9-14-10-13(11)3-7-17-8-4-13/h11,14H,1-10H2/t11-/m0/s1. The number of amides is 1. The van der Waals surface area contributed by atoms with E-state index in [1.54, 1.807) is 0 Å². The first kappa shape index (κ1) is 11.5. The van der Waals surface area contributed by atoms with Crippen molar-refractivity contribution in [1.29, 1.82) is 0 Å². The van der Waals surface area contributed by atoms with Crippen LogP contribution in [-0.2, 0) is 9.53 Å². The second-order valence-corrected chi connectivity index (χ2v) is 5.69. The van der Waals surface area contributed by atoms with Gasteiger partial charge in [0, 0.05) is 39.4 Å². The number of carbonyl (C=O) groups is 1. The number of ether oxygens (including phenoxy) is 1. The molecule has 4 heteroatoms. The largest absolute Gasteiger partial charge is 0.381 e. The Morgan fingerprint density at radius 2 is 1.94 bits per heavy atom. The van der Waals surface area contributed by atoms with E-state index in [0.29, 0.717) is 5.91 Å². The van der Waals surface area contributed by atoms with E-state index in [2.05, 4.69) is 10.2 Å². The molecule has 1 atom stereocenters. The van der Waals surface area contributed by atoms with Crippen LogP contribution < -0.4 is 5.32 Å². The highest BCUT2D eigenvalue weighted by Crippen LogP contribution is 2.42. The van der Waals surface area contributed by atoms with E-state index in [1.807, 2.05) is 0 Å². The molecule has 3 rings (SSSR count). The van der Waals surface area contributed by atoms with Crippen molar-refractivity contribution in [1.82, 2.24) is 10.2 Å². The second kappa shape index (κ2) is 4.58. The normalized spacial score (nSPS) is 32.2. The van der Waals surface area contributed by atoms with Gasteiger partial charge in [-0.05, 0) is 31.1 Å². The van der Waals surface area contributed by atoms with Gasteiger partial charge in [0.25, 0.3) is 0 Å². The van der Waals surface area contributed by atoms with Crippen molar-refractivity contribution in [2.45, 2.75) is 25.7 Å². The van der Waals surface area contributed by atoms with Gasteiger partial charge in [-0.2, -0.15) is 0 Å². The average molecular weight is 238 g/mol. The van der Waals surface area contributed by atoms with Crippen molar-refractivity contribution < 1.29 is 9.53 Å². The van der Waals surface area contributed by atoms with Crippen LogP contribution in [0.5, 0.6) is 0 Å². The van der Waals surface area contributed by atoms with Crippen molar-refractivity contribution in [3.8, 4) is 0 Å². The molecule has 17 heavy (non-hydrogen) atoms. The summed E-state index contributed by atoms with van der Waals surface area (Å²) in [5.74, 6) is 0.596. The van der Waals surface area contributed by atoms with Crippen LogP contribution in [0, 0.1) is 11.3 Å². The van der Waals surface area contributed by atoms with Gasteiger partial charge in [0.2, 0.25) is 5.91 Å². The maximum Gasteiger partial charge on any atom is 0.227 e. The fourth-order valence-electron chi connectivity index (χ4n) is 3.62. The Morgan fingerprint density at radius 3 is 2.65 bits per heavy atom. The van der Waals surface area contributed by atoms with Crippen molar-refractivity contribution >= 4 is 5.91 Å². The first-order valence-electron chi connectivity index (χ1n) is 6.89. The second-order valence-electron chi connectivity index (χ2n) is 5.69. The number of hydrogen-bond acceptors (Lipinski definition) is 3. The fourth-order valence-corrected chi connectivity index (χ4v) is 3.62. The Bertz CT molecular complexity index is 294. The maximum absolute atomic E-state index is 12.6. The van der Waals surface area contributed by atoms with Crippen LogP contribution in [0.1, 0.15) is 25.7 Å². The molecule has 3 aliphatic heterocycles. The molecule has 0 bridgehead atoms. The van der Waals surface area contributed by atoms with E-state index in [0.717, 1.165) is 52.2 Å². The SMILES string of the molecule is O=C([C@@H]1CNCC12CCOCC2)N1CCCC1. The van der Waals surface area contributed by atoms with Gasteiger partial charge in [0.15, 0.2) is 0 Å². The van der Waals surface area contributed by atoms with Gasteiger partial charge in [-0.15, -0.1) is 0 Å². The van der Waals surface area contributed by atoms with E-state index < -0.39 is 0 Å². The summed E-state index contributed by atoms with van der Waals surface area (Å²) in [4.78, 5) is 14.6. The topological polar surface area (TPSA) is 41.6 Å². The highest BCUT2D eigenvalue weighted by molar-refractivity contribution is 5.80. The van der Waals surface area contributed by atoms with E-state index in [-0.39, 0.29) is 11.3 Å². The van der Waals surface area contributed by atoms with Crippen LogP contribution in [0.3, 0.4) is 0 Å². The van der Waals surface area contributed by atoms with Crippen LogP contribution in [0.4, 0.5) is 0 Å². The molecule has 0 radical (unpaired) electrons. The smallest absolute Gasteiger partial charge is 0.227 e. The molecular weight excluding hydrogens is 216 g/mol. The monoisotopic (exact) mass is 238 g/mol. The summed E-state index contributed by atoms with van der Waals surface area (Å²) in [6.45, 7) is 5.47. The first-order chi connectivity index (χ1) is 8.32. The summed E-state index contributed by atoms with van der Waals surface area (Å²) in [5.41, 5.74) is 0.192. The summed E-state index contributed by atoms with van der Waals surface area (Å²) in [5, 5.41) is 3.43. The van der Waals surface area contributed by atoms with Gasteiger partial charge in [0.1, 0.15) is 0 Å². The lowest BCUT2D eigenvalue weighted by Gasteiger charge is -2.38. The van der Waals surface area contributed by atoms with Crippen LogP contribution in [-0.4, -0.2) is 50.2 Å². The molecule has 0 aliphatic carbocycles. The Morgan fingerprint density at radius 1 is 1.24 bits per heavy atom. The first-order valence-corrected chi connectivity index (χ1v) is 6.89. The fraction of sp³-hybridized carbons (Fsp3) is 0.923. The van der Waals surface area contributed by atoms with Crippen molar-refractivity contribution in [2.24, 2.45) is 11.3 Å². The number of rotatable bonds is 1. The summed E-state index contributed by atoms with van der Waals surface area (Å²) >= 11 is 0. The average Bonchev–Trinajstić information content (AvgIpc) is 2.99. The molecule has 3 aliphatic rings. The summed E-state index contributed by atoms with van der Waals surface area (Å²) < 4.78 is 5.46. The molecule has 4 nitrogen and oxygen atoms in total. The molecule has 3 heterocycles. The van der Waals surface area contributed by atoms with E-state index >= 15 is 0 Å². The summed E-state index contributed by atoms with van der Waals surface area (Å²) in [7, 11) is 0. The van der Waals surface area contributed by atoms with Crippen LogP contribution >= 0.6 is 0 Å². The van der Waals surface area contributed by atoms with Crippen molar-refractivity contribution in [3.05, 3.63) is 0 Å². The quantitative estimate of drug-likeness (QED) is 0.728. The van der Waals surface area contributed by atoms with Crippen LogP contribution in [0.2, 0.25) is 0 Å². The molecule has 1 spiro atoms. The lowest BCUT2D eigenvalue weighted by Crippen LogP contribution is -2.45. The van der Waals surface area contributed by atoms with Crippen molar-refractivity contribution in [3.63, 3.8) is 0 Å². The summed E-state index contributed by atoms with van der Waals surface area (Å²) in [6.07, 6.45) is 4.46. The van der Waals surface area contributed by atoms with Gasteiger partial charge in [0.05, 0.1) is 5.92 Å². The maximum atomic E-state index is 12.6. The lowest BCUT2D eigenvalue weighted by molar-refractivity contribution is -0.139. The minimum atomic E-state index is 0.192. The predicted molar refractivity (Wildman–Crippen MR) is 64.7 cm³/mol. The van der Waals surface area contributed by atoms with Gasteiger partial charge in [-0.1, -0.05) is 0 Å². The van der Waals surface area contributed by atoms with Crippen LogP contribution in [0.15, 0.2) is 0 Å². The molecule has 0 saturated carbocycles. The number of hydrogen-bond donors (Lipinski definition) is 1. The molecule has 3 fully saturated rings. The predicted octanol–water partition coefficient (Wildman–Crippen LogP) is 0.625. The zero-order valence-corrected chi connectivity index (χ0v) is 10.4. The molecule has 0 unspecified atom stereocenters. The molecule has 0 aromatic rings. The Labute approximate surface area is 103 Å². The van der Waals surface area contributed by atoms with Gasteiger partial charge in [-0.3, -0.25) is 4.79 Å². The van der Waals surface area contributed by atoms with Gasteiger partial charge in [-0.25, -0.2) is 0 Å². The zero-order valence-electron chi connectivity index (χ0n) is 10.4. The zero-order chi connectivity index (χ0) is 11.7. The minimum Gasteiger partial charge on any atom is -0.381 e. The van der Waals surface area contributed by atoms with E-state index in [1.165, 1.54) is 12.8 Å². The highest BCUT2D eigenvalue weighted by Gasteiger charge is 2.48. The third-order valence-electron chi connectivity index (χ3n) is 4.77. The Balaban J connectivity index is 1.74. The number of nitrogens with one attached hydrogen (secondary N) is 1. The van der Waals surface area contributed by atoms with Gasteiger partial charge < -0.3 is 15.0 Å². The Hall–Kier alpha value is -0.610. The van der Waals surface area contributed by atoms with E-state index in [9.17, 15) is 4.79 Å². The molecule has 1 amide bonds. The molecule has 96 valence electrons. The Kier molecular flexibility index (Phi) is 3.09. The highest BCUT2D eigenvalue weighted by atomic mass is 16.5. The molecular formula is C13H22N2O2. The molecule has 3 saturated heterocycles. The van der Waals surface area contributed by atoms with E-state index in [4.69, 9.17) is 4.74 Å². The lowest BCUT2D eigenvalue weighted by atomic mass is 9.71. The van der Waals surface area contributed by atoms with Gasteiger partial charge >= 0.3 is 0 Å². The number of likely N-dealkylation sites (tertiary alicyclic amines) is 1. The van der Waals surface area contributed by atoms with Crippen molar-refractivity contribution in [2.75, 3.05) is 39.4 Å². The summed E-state index contributed by atoms with van der Waals surface area (Å²) in [6, 6.07) is 0. The minimum absolute atomic E-state index is 0.192. The molecule has 0 aromatic carbocycles. The van der Waals surface area contributed by atoms with Crippen LogP contribution in [0.25, 0.3) is 0 Å². The number of carbonyl (C=O) groups excluding carboxylic acids is 1.